The van der Waals surface area contributed by atoms with Crippen LogP contribution in [0, 0.1) is 11.8 Å². The third-order valence-corrected chi connectivity index (χ3v) is 8.85. The molecule has 3 aliphatic heterocycles. The van der Waals surface area contributed by atoms with Crippen molar-refractivity contribution < 1.29 is 22.7 Å². The van der Waals surface area contributed by atoms with E-state index in [0.717, 1.165) is 31.6 Å². The summed E-state index contributed by atoms with van der Waals surface area (Å²) in [6, 6.07) is 5.07. The quantitative estimate of drug-likeness (QED) is 0.653. The van der Waals surface area contributed by atoms with Crippen molar-refractivity contribution in [1.82, 2.24) is 9.21 Å². The number of carbonyl (C=O) groups excluding carboxylic acids is 2. The van der Waals surface area contributed by atoms with Crippen molar-refractivity contribution >= 4 is 33.2 Å². The summed E-state index contributed by atoms with van der Waals surface area (Å²) in [5, 5.41) is 3.05. The Balaban J connectivity index is 1.52. The number of amides is 2. The number of nitrogens with one attached hydrogen (secondary N) is 1. The van der Waals surface area contributed by atoms with Crippen LogP contribution in [0.25, 0.3) is 0 Å². The molecule has 0 atom stereocenters. The van der Waals surface area contributed by atoms with Crippen LogP contribution in [0.5, 0.6) is 0 Å². The van der Waals surface area contributed by atoms with Gasteiger partial charge in [0.1, 0.15) is 0 Å². The van der Waals surface area contributed by atoms with Gasteiger partial charge < -0.3 is 19.9 Å². The van der Waals surface area contributed by atoms with E-state index in [2.05, 4.69) is 10.2 Å². The topological polar surface area (TPSA) is 99.3 Å². The van der Waals surface area contributed by atoms with E-state index in [0.29, 0.717) is 57.9 Å². The molecule has 1 aromatic rings. The van der Waals surface area contributed by atoms with Crippen molar-refractivity contribution in [3.8, 4) is 0 Å². The van der Waals surface area contributed by atoms with Gasteiger partial charge in [0.15, 0.2) is 0 Å². The Kier molecular flexibility index (Phi) is 7.79. The largest absolute Gasteiger partial charge is 0.379 e. The highest BCUT2D eigenvalue weighted by molar-refractivity contribution is 7.89. The van der Waals surface area contributed by atoms with E-state index >= 15 is 0 Å². The zero-order valence-corrected chi connectivity index (χ0v) is 21.0. The Morgan fingerprint density at radius 3 is 2.26 bits per heavy atom. The van der Waals surface area contributed by atoms with Crippen LogP contribution in [0.15, 0.2) is 23.1 Å². The number of benzene rings is 1. The molecule has 0 aliphatic carbocycles. The van der Waals surface area contributed by atoms with Crippen LogP contribution in [0.1, 0.15) is 39.5 Å². The molecule has 2 amide bonds. The van der Waals surface area contributed by atoms with Crippen LogP contribution >= 0.6 is 0 Å². The van der Waals surface area contributed by atoms with E-state index in [1.54, 1.807) is 12.1 Å². The van der Waals surface area contributed by atoms with Gasteiger partial charge in [-0.1, -0.05) is 13.8 Å². The first kappa shape index (κ1) is 24.9. The molecule has 9 nitrogen and oxygen atoms in total. The van der Waals surface area contributed by atoms with Crippen LogP contribution < -0.4 is 10.2 Å². The van der Waals surface area contributed by atoms with Gasteiger partial charge in [-0.3, -0.25) is 9.59 Å². The summed E-state index contributed by atoms with van der Waals surface area (Å²) in [4.78, 5) is 29.7. The van der Waals surface area contributed by atoms with E-state index in [-0.39, 0.29) is 28.5 Å². The van der Waals surface area contributed by atoms with Gasteiger partial charge in [0, 0.05) is 51.1 Å². The number of piperidine rings is 1. The first-order chi connectivity index (χ1) is 16.3. The van der Waals surface area contributed by atoms with Gasteiger partial charge in [-0.25, -0.2) is 8.42 Å². The number of hydrogen-bond donors (Lipinski definition) is 1. The fourth-order valence-electron chi connectivity index (χ4n) is 4.91. The maximum absolute atomic E-state index is 13.2. The molecule has 0 saturated carbocycles. The monoisotopic (exact) mass is 492 g/mol. The number of likely N-dealkylation sites (tertiary alicyclic amines) is 1. The Morgan fingerprint density at radius 1 is 1.00 bits per heavy atom. The number of hydrogen-bond acceptors (Lipinski definition) is 6. The lowest BCUT2D eigenvalue weighted by Crippen LogP contribution is -2.43. The maximum Gasteiger partial charge on any atom is 0.243 e. The number of anilines is 2. The van der Waals surface area contributed by atoms with Crippen LogP contribution in [0.3, 0.4) is 0 Å². The van der Waals surface area contributed by atoms with Crippen LogP contribution in [0.2, 0.25) is 0 Å². The first-order valence-electron chi connectivity index (χ1n) is 12.3. The molecular weight excluding hydrogens is 456 g/mol. The molecule has 0 unspecified atom stereocenters. The molecule has 0 bridgehead atoms. The highest BCUT2D eigenvalue weighted by Gasteiger charge is 2.31. The summed E-state index contributed by atoms with van der Waals surface area (Å²) in [7, 11) is -3.67. The first-order valence-corrected chi connectivity index (χ1v) is 13.8. The molecule has 34 heavy (non-hydrogen) atoms. The van der Waals surface area contributed by atoms with Crippen molar-refractivity contribution in [2.75, 3.05) is 62.7 Å². The standard InChI is InChI=1S/C24H36N4O5S/c1-18(2)24(30)27-11-7-19(8-12-27)23(29)25-21-17-20(5-6-22(21)26-9-3-4-10-26)34(31,32)28-13-15-33-16-14-28/h5-6,17-19H,3-4,7-16H2,1-2H3,(H,25,29). The molecule has 3 saturated heterocycles. The second kappa shape index (κ2) is 10.6. The smallest absolute Gasteiger partial charge is 0.243 e. The summed E-state index contributed by atoms with van der Waals surface area (Å²) >= 11 is 0. The SMILES string of the molecule is CC(C)C(=O)N1CCC(C(=O)Nc2cc(S(=O)(=O)N3CCOCC3)ccc2N2CCCC2)CC1. The second-order valence-corrected chi connectivity index (χ2v) is 11.6. The molecule has 0 radical (unpaired) electrons. The van der Waals surface area contributed by atoms with Crippen LogP contribution in [-0.2, 0) is 24.3 Å². The third kappa shape index (κ3) is 5.39. The number of rotatable bonds is 6. The average molecular weight is 493 g/mol. The zero-order chi connectivity index (χ0) is 24.3. The van der Waals surface area contributed by atoms with Gasteiger partial charge in [0.25, 0.3) is 0 Å². The van der Waals surface area contributed by atoms with Crippen molar-refractivity contribution in [2.45, 2.75) is 44.4 Å². The molecular formula is C24H36N4O5S. The predicted octanol–water partition coefficient (Wildman–Crippen LogP) is 2.14. The molecule has 0 aromatic heterocycles. The van der Waals surface area contributed by atoms with Gasteiger partial charge in [0.2, 0.25) is 21.8 Å². The van der Waals surface area contributed by atoms with E-state index in [1.807, 2.05) is 24.8 Å². The summed E-state index contributed by atoms with van der Waals surface area (Å²) in [6.45, 7) is 8.09. The molecule has 3 heterocycles. The van der Waals surface area contributed by atoms with Gasteiger partial charge >= 0.3 is 0 Å². The fourth-order valence-corrected chi connectivity index (χ4v) is 6.34. The third-order valence-electron chi connectivity index (χ3n) is 6.95. The highest BCUT2D eigenvalue weighted by atomic mass is 32.2. The number of sulfonamides is 1. The molecule has 1 N–H and O–H groups in total. The van der Waals surface area contributed by atoms with Crippen molar-refractivity contribution in [2.24, 2.45) is 11.8 Å². The van der Waals surface area contributed by atoms with Gasteiger partial charge in [0.05, 0.1) is 29.5 Å². The van der Waals surface area contributed by atoms with Crippen LogP contribution in [0.4, 0.5) is 11.4 Å². The lowest BCUT2D eigenvalue weighted by Gasteiger charge is -2.33. The Bertz CT molecular complexity index is 993. The number of ether oxygens (including phenoxy) is 1. The summed E-state index contributed by atoms with van der Waals surface area (Å²) in [6.07, 6.45) is 3.36. The van der Waals surface area contributed by atoms with E-state index in [4.69, 9.17) is 4.74 Å². The normalized spacial score (nSPS) is 20.7. The lowest BCUT2D eigenvalue weighted by atomic mass is 9.95. The Morgan fingerprint density at radius 2 is 1.65 bits per heavy atom. The molecule has 3 fully saturated rings. The molecule has 0 spiro atoms. The van der Waals surface area contributed by atoms with Crippen LogP contribution in [-0.4, -0.2) is 81.9 Å². The summed E-state index contributed by atoms with van der Waals surface area (Å²) in [5.41, 5.74) is 1.40. The molecule has 188 valence electrons. The van der Waals surface area contributed by atoms with E-state index in [9.17, 15) is 18.0 Å². The van der Waals surface area contributed by atoms with Crippen molar-refractivity contribution in [1.29, 1.82) is 0 Å². The fraction of sp³-hybridized carbons (Fsp3) is 0.667. The van der Waals surface area contributed by atoms with Gasteiger partial charge in [-0.15, -0.1) is 0 Å². The van der Waals surface area contributed by atoms with Gasteiger partial charge in [-0.05, 0) is 43.9 Å². The van der Waals surface area contributed by atoms with Crippen molar-refractivity contribution in [3.05, 3.63) is 18.2 Å². The number of carbonyl (C=O) groups is 2. The summed E-state index contributed by atoms with van der Waals surface area (Å²) < 4.78 is 33.2. The minimum Gasteiger partial charge on any atom is -0.379 e. The molecule has 3 aliphatic rings. The highest BCUT2D eigenvalue weighted by Crippen LogP contribution is 2.33. The maximum atomic E-state index is 13.2. The van der Waals surface area contributed by atoms with E-state index in [1.165, 1.54) is 4.31 Å². The number of morpholine rings is 1. The Hall–Kier alpha value is -2.17. The van der Waals surface area contributed by atoms with Crippen molar-refractivity contribution in [3.63, 3.8) is 0 Å². The van der Waals surface area contributed by atoms with E-state index < -0.39 is 10.0 Å². The minimum absolute atomic E-state index is 0.0513. The zero-order valence-electron chi connectivity index (χ0n) is 20.2. The number of nitrogens with zero attached hydrogens (tertiary/aromatic N) is 3. The second-order valence-electron chi connectivity index (χ2n) is 9.63. The summed E-state index contributed by atoms with van der Waals surface area (Å²) in [5.74, 6) is -0.249. The molecule has 4 rings (SSSR count). The predicted molar refractivity (Wildman–Crippen MR) is 130 cm³/mol. The van der Waals surface area contributed by atoms with Gasteiger partial charge in [-0.2, -0.15) is 4.31 Å². The molecule has 1 aromatic carbocycles. The average Bonchev–Trinajstić information content (AvgIpc) is 3.39. The Labute approximate surface area is 202 Å². The lowest BCUT2D eigenvalue weighted by molar-refractivity contribution is -0.137. The minimum atomic E-state index is -3.67. The molecule has 10 heteroatoms.